The van der Waals surface area contributed by atoms with Crippen molar-refractivity contribution in [3.05, 3.63) is 23.3 Å². The first kappa shape index (κ1) is 30.7. The van der Waals surface area contributed by atoms with Crippen molar-refractivity contribution in [2.45, 2.75) is 135 Å². The summed E-state index contributed by atoms with van der Waals surface area (Å²) in [5, 5.41) is 56.6. The van der Waals surface area contributed by atoms with Gasteiger partial charge in [-0.3, -0.25) is 4.79 Å². The Morgan fingerprint density at radius 2 is 1.59 bits per heavy atom. The molecule has 1 unspecified atom stereocenters. The van der Waals surface area contributed by atoms with Gasteiger partial charge in [0.25, 0.3) is 0 Å². The summed E-state index contributed by atoms with van der Waals surface area (Å²) in [5.74, 6) is -1.50. The first-order chi connectivity index (χ1) is 18.4. The van der Waals surface area contributed by atoms with Crippen LogP contribution in [-0.4, -0.2) is 67.6 Å². The van der Waals surface area contributed by atoms with Crippen molar-refractivity contribution in [1.82, 2.24) is 0 Å². The van der Waals surface area contributed by atoms with Gasteiger partial charge in [0, 0.05) is 23.7 Å². The van der Waals surface area contributed by atoms with Crippen LogP contribution in [0.4, 0.5) is 0 Å². The number of hydrogen-bond acceptors (Lipinski definition) is 7. The minimum atomic E-state index is -2.11. The Morgan fingerprint density at radius 1 is 1.00 bits per heavy atom. The average molecular weight is 549 g/mol. The number of rotatable bonds is 12. The number of aliphatic hydroxyl groups is 5. The molecule has 2 saturated carbocycles. The highest BCUT2D eigenvalue weighted by atomic mass is 16.6. The lowest BCUT2D eigenvalue weighted by Gasteiger charge is -2.51. The number of esters is 1. The quantitative estimate of drug-likeness (QED) is 0.141. The highest BCUT2D eigenvalue weighted by Gasteiger charge is 2.82. The molecule has 0 aromatic heterocycles. The summed E-state index contributed by atoms with van der Waals surface area (Å²) < 4.78 is 6.35. The molecular weight excluding hydrogens is 496 g/mol. The summed E-state index contributed by atoms with van der Waals surface area (Å²) in [7, 11) is 0. The van der Waals surface area contributed by atoms with Gasteiger partial charge in [-0.05, 0) is 36.8 Å². The smallest absolute Gasteiger partial charge is 0.306 e. The van der Waals surface area contributed by atoms with Gasteiger partial charge in [0.1, 0.15) is 23.4 Å². The van der Waals surface area contributed by atoms with Crippen LogP contribution in [0.25, 0.3) is 0 Å². The predicted molar refractivity (Wildman–Crippen MR) is 150 cm³/mol. The Hall–Kier alpha value is -1.25. The molecule has 0 saturated heterocycles. The zero-order chi connectivity index (χ0) is 28.8. The lowest BCUT2D eigenvalue weighted by Crippen LogP contribution is -2.66. The molecule has 5 N–H and O–H groups in total. The molecule has 7 heteroatoms. The molecule has 4 aliphatic carbocycles. The predicted octanol–water partition coefficient (Wildman–Crippen LogP) is 4.19. The van der Waals surface area contributed by atoms with Gasteiger partial charge < -0.3 is 30.3 Å². The molecule has 0 radical (unpaired) electrons. The van der Waals surface area contributed by atoms with Crippen molar-refractivity contribution in [2.75, 3.05) is 6.61 Å². The van der Waals surface area contributed by atoms with Crippen LogP contribution >= 0.6 is 0 Å². The van der Waals surface area contributed by atoms with Gasteiger partial charge in [0.05, 0.1) is 18.1 Å². The summed E-state index contributed by atoms with van der Waals surface area (Å²) >= 11 is 0. The lowest BCUT2D eigenvalue weighted by molar-refractivity contribution is -0.216. The highest BCUT2D eigenvalue weighted by molar-refractivity contribution is 5.70. The Bertz CT molecular complexity index is 972. The molecule has 4 aliphatic rings. The van der Waals surface area contributed by atoms with E-state index in [1.54, 1.807) is 19.1 Å². The van der Waals surface area contributed by atoms with Gasteiger partial charge in [0.2, 0.25) is 0 Å². The van der Waals surface area contributed by atoms with Crippen LogP contribution in [0.1, 0.15) is 105 Å². The molecule has 39 heavy (non-hydrogen) atoms. The van der Waals surface area contributed by atoms with E-state index in [0.29, 0.717) is 18.4 Å². The number of ether oxygens (including phenoxy) is 1. The Balaban J connectivity index is 1.52. The van der Waals surface area contributed by atoms with E-state index >= 15 is 0 Å². The monoisotopic (exact) mass is 548 g/mol. The molecule has 2 bridgehead atoms. The molecule has 7 nitrogen and oxygen atoms in total. The topological polar surface area (TPSA) is 127 Å². The number of unbranched alkanes of at least 4 members (excludes halogenated alkanes) is 8. The van der Waals surface area contributed by atoms with E-state index < -0.39 is 58.8 Å². The van der Waals surface area contributed by atoms with Crippen LogP contribution in [0.3, 0.4) is 0 Å². The minimum Gasteiger partial charge on any atom is -0.458 e. The first-order valence-corrected chi connectivity index (χ1v) is 15.4. The average Bonchev–Trinajstić information content (AvgIpc) is 3.30. The molecule has 0 aromatic rings. The van der Waals surface area contributed by atoms with Gasteiger partial charge in [0.15, 0.2) is 0 Å². The van der Waals surface area contributed by atoms with Gasteiger partial charge in [-0.25, -0.2) is 0 Å². The second-order valence-electron chi connectivity index (χ2n) is 13.6. The molecule has 0 amide bonds. The second-order valence-corrected chi connectivity index (χ2v) is 13.6. The van der Waals surface area contributed by atoms with Crippen molar-refractivity contribution >= 4 is 5.97 Å². The molecule has 0 aliphatic heterocycles. The number of aliphatic hydroxyl groups excluding tert-OH is 4. The number of fused-ring (bicyclic) bond motifs is 3. The largest absolute Gasteiger partial charge is 0.458 e. The third kappa shape index (κ3) is 4.55. The zero-order valence-electron chi connectivity index (χ0n) is 24.7. The van der Waals surface area contributed by atoms with Crippen molar-refractivity contribution in [1.29, 1.82) is 0 Å². The van der Waals surface area contributed by atoms with Crippen molar-refractivity contribution < 1.29 is 35.1 Å². The van der Waals surface area contributed by atoms with Crippen LogP contribution in [0.2, 0.25) is 0 Å². The maximum Gasteiger partial charge on any atom is 0.306 e. The van der Waals surface area contributed by atoms with Gasteiger partial charge >= 0.3 is 5.97 Å². The normalized spacial score (nSPS) is 42.0. The number of carbonyl (C=O) groups is 1. The van der Waals surface area contributed by atoms with E-state index in [0.717, 1.165) is 19.3 Å². The van der Waals surface area contributed by atoms with Crippen LogP contribution < -0.4 is 0 Å². The first-order valence-electron chi connectivity index (χ1n) is 15.4. The summed E-state index contributed by atoms with van der Waals surface area (Å²) in [4.78, 5) is 13.2. The highest BCUT2D eigenvalue weighted by Crippen LogP contribution is 2.76. The van der Waals surface area contributed by atoms with E-state index in [4.69, 9.17) is 4.74 Å². The Labute approximate surface area is 234 Å². The number of carbonyl (C=O) groups excluding carboxylic acids is 1. The van der Waals surface area contributed by atoms with E-state index in [-0.39, 0.29) is 17.5 Å². The third-order valence-electron chi connectivity index (χ3n) is 11.1. The fourth-order valence-corrected chi connectivity index (χ4v) is 8.87. The van der Waals surface area contributed by atoms with E-state index in [9.17, 15) is 30.3 Å². The van der Waals surface area contributed by atoms with Gasteiger partial charge in [-0.1, -0.05) is 91.2 Å². The van der Waals surface area contributed by atoms with Gasteiger partial charge in [-0.2, -0.15) is 0 Å². The molecular formula is C32H52O7. The lowest BCUT2D eigenvalue weighted by atomic mass is 9.58. The van der Waals surface area contributed by atoms with Crippen molar-refractivity contribution in [2.24, 2.45) is 28.6 Å². The number of hydrogen-bond donors (Lipinski definition) is 5. The van der Waals surface area contributed by atoms with Crippen LogP contribution in [0.5, 0.6) is 0 Å². The standard InChI is InChI=1S/C32H52O7/c1-6-7-8-9-10-11-12-13-14-15-24(34)39-31-18-21(3)30-17-20(2)26(35)32(30,38)27(36)22(19-33)16-23(28(30)37)25(31)29(31,4)5/h16-17,21,23,25-28,33,35-38H,6-15,18-19H2,1-5H3/t21-,23+,25-,26+,27-,28?,30+,31+,32-/m1/s1. The maximum atomic E-state index is 13.2. The zero-order valence-corrected chi connectivity index (χ0v) is 24.7. The van der Waals surface area contributed by atoms with E-state index in [2.05, 4.69) is 6.92 Å². The SMILES string of the molecule is CCCCCCCCCCCC(=O)O[C@@]12C[C@@H](C)[C@]34C=C(C)[C@H](O)[C@@]3(O)[C@H](O)C(CO)=C[C@H](C4O)[C@@H]1C2(C)C. The third-order valence-corrected chi connectivity index (χ3v) is 11.1. The van der Waals surface area contributed by atoms with Crippen LogP contribution in [0, 0.1) is 28.6 Å². The summed E-state index contributed by atoms with van der Waals surface area (Å²) in [6.45, 7) is 9.39. The molecule has 1 spiro atoms. The van der Waals surface area contributed by atoms with Crippen molar-refractivity contribution in [3.63, 3.8) is 0 Å². The molecule has 9 atom stereocenters. The minimum absolute atomic E-state index is 0.178. The van der Waals surface area contributed by atoms with E-state index in [1.165, 1.54) is 38.5 Å². The molecule has 222 valence electrons. The summed E-state index contributed by atoms with van der Waals surface area (Å²) in [5.41, 5.74) is -4.10. The molecule has 0 aromatic carbocycles. The van der Waals surface area contributed by atoms with Crippen LogP contribution in [0.15, 0.2) is 23.3 Å². The Morgan fingerprint density at radius 3 is 2.18 bits per heavy atom. The van der Waals surface area contributed by atoms with Gasteiger partial charge in [-0.15, -0.1) is 0 Å². The summed E-state index contributed by atoms with van der Waals surface area (Å²) in [6, 6.07) is 0. The molecule has 2 fully saturated rings. The molecule has 0 heterocycles. The fourth-order valence-electron chi connectivity index (χ4n) is 8.87. The van der Waals surface area contributed by atoms with E-state index in [1.807, 2.05) is 20.8 Å². The fraction of sp³-hybridized carbons (Fsp3) is 0.844. The Kier molecular flexibility index (Phi) is 8.82. The molecule has 4 rings (SSSR count). The maximum absolute atomic E-state index is 13.2. The second kappa shape index (κ2) is 11.2. The summed E-state index contributed by atoms with van der Waals surface area (Å²) in [6.07, 6.45) is 10.6. The van der Waals surface area contributed by atoms with Crippen LogP contribution in [-0.2, 0) is 9.53 Å². The van der Waals surface area contributed by atoms with Crippen molar-refractivity contribution in [3.8, 4) is 0 Å².